The molecule has 2 aromatic carbocycles. The third-order valence-corrected chi connectivity index (χ3v) is 5.57. The lowest BCUT2D eigenvalue weighted by atomic mass is 9.87. The lowest BCUT2D eigenvalue weighted by Gasteiger charge is -2.16. The summed E-state index contributed by atoms with van der Waals surface area (Å²) in [6.07, 6.45) is 0.491. The second-order valence-corrected chi connectivity index (χ2v) is 7.51. The molecule has 0 aliphatic carbocycles. The molecule has 0 spiro atoms. The second-order valence-electron chi connectivity index (χ2n) is 7.51. The molecule has 0 aliphatic heterocycles. The molecule has 154 valence electrons. The molecule has 0 unspecified atom stereocenters. The molecular weight excluding hydrogens is 382 g/mol. The number of benzene rings is 2. The van der Waals surface area contributed by atoms with Crippen LogP contribution < -0.4 is 17.0 Å². The van der Waals surface area contributed by atoms with Crippen LogP contribution in [0, 0.1) is 0 Å². The molecule has 0 saturated carbocycles. The van der Waals surface area contributed by atoms with E-state index in [1.165, 1.54) is 0 Å². The molecule has 4 N–H and O–H groups in total. The summed E-state index contributed by atoms with van der Waals surface area (Å²) >= 11 is 0. The van der Waals surface area contributed by atoms with Crippen LogP contribution in [-0.2, 0) is 25.3 Å². The van der Waals surface area contributed by atoms with Crippen LogP contribution in [0.25, 0.3) is 11.0 Å². The predicted octanol–water partition coefficient (Wildman–Crippen LogP) is 1.49. The molecule has 2 aromatic heterocycles. The van der Waals surface area contributed by atoms with E-state index in [1.54, 1.807) is 23.2 Å². The Hall–Kier alpha value is -3.81. The summed E-state index contributed by atoms with van der Waals surface area (Å²) in [5.74, 6) is -1.04. The first kappa shape index (κ1) is 19.5. The van der Waals surface area contributed by atoms with Crippen molar-refractivity contribution in [1.82, 2.24) is 19.3 Å². The Morgan fingerprint density at radius 1 is 1.00 bits per heavy atom. The molecule has 0 radical (unpaired) electrons. The second kappa shape index (κ2) is 7.55. The number of nitrogens with two attached hydrogens (primary N) is 1. The van der Waals surface area contributed by atoms with Gasteiger partial charge in [0.15, 0.2) is 0 Å². The normalized spacial score (nSPS) is 12.3. The van der Waals surface area contributed by atoms with Crippen LogP contribution in [0.4, 0.5) is 0 Å². The van der Waals surface area contributed by atoms with E-state index in [-0.39, 0.29) is 17.7 Å². The zero-order valence-corrected chi connectivity index (χ0v) is 16.8. The highest BCUT2D eigenvalue weighted by Crippen LogP contribution is 2.30. The van der Waals surface area contributed by atoms with Gasteiger partial charge in [-0.25, -0.2) is 4.79 Å². The molecular formula is C22H23N5O3. The fraction of sp³-hybridized carbons (Fsp3) is 0.227. The van der Waals surface area contributed by atoms with Crippen LogP contribution in [0.3, 0.4) is 0 Å². The number of nitrogens with one attached hydrogen (secondary N) is 2. The van der Waals surface area contributed by atoms with Crippen LogP contribution in [0.15, 0.2) is 58.1 Å². The number of nitrogens with zero attached hydrogens (tertiary/aromatic N) is 2. The van der Waals surface area contributed by atoms with E-state index in [2.05, 4.69) is 10.2 Å². The van der Waals surface area contributed by atoms with Crippen molar-refractivity contribution >= 4 is 16.9 Å². The zero-order valence-electron chi connectivity index (χ0n) is 16.8. The standard InChI is InChI=1S/C22H23N5O3/c1-26-17-9-8-14(11-18(17)27(2)22(26)30)15(12-19(23)28)20-16(24-25-21(20)29)10-13-6-4-3-5-7-13/h3-9,11,15H,10,12H2,1-2H3,(H2,23,28)(H2,24,25,29)/t15-/m0/s1. The Labute approximate surface area is 171 Å². The monoisotopic (exact) mass is 405 g/mol. The molecule has 0 saturated heterocycles. The number of carbonyl (C=O) groups excluding carboxylic acids is 1. The fourth-order valence-electron chi connectivity index (χ4n) is 4.04. The first-order valence-electron chi connectivity index (χ1n) is 9.63. The van der Waals surface area contributed by atoms with Crippen LogP contribution in [0.1, 0.15) is 34.7 Å². The number of hydrogen-bond donors (Lipinski definition) is 3. The number of aromatic nitrogens is 4. The van der Waals surface area contributed by atoms with Gasteiger partial charge in [-0.2, -0.15) is 0 Å². The lowest BCUT2D eigenvalue weighted by molar-refractivity contribution is -0.118. The molecule has 0 aliphatic rings. The summed E-state index contributed by atoms with van der Waals surface area (Å²) in [7, 11) is 3.40. The predicted molar refractivity (Wildman–Crippen MR) is 114 cm³/mol. The number of primary amides is 1. The van der Waals surface area contributed by atoms with Crippen LogP contribution in [0.5, 0.6) is 0 Å². The van der Waals surface area contributed by atoms with Gasteiger partial charge < -0.3 is 10.8 Å². The van der Waals surface area contributed by atoms with Crippen molar-refractivity contribution in [3.63, 3.8) is 0 Å². The Morgan fingerprint density at radius 3 is 2.40 bits per heavy atom. The van der Waals surface area contributed by atoms with E-state index in [0.717, 1.165) is 22.2 Å². The minimum Gasteiger partial charge on any atom is -0.370 e. The van der Waals surface area contributed by atoms with Gasteiger partial charge in [-0.1, -0.05) is 36.4 Å². The van der Waals surface area contributed by atoms with Gasteiger partial charge in [-0.15, -0.1) is 0 Å². The third kappa shape index (κ3) is 3.36. The summed E-state index contributed by atoms with van der Waals surface area (Å²) < 4.78 is 3.11. The average Bonchev–Trinajstić information content (AvgIpc) is 3.19. The molecule has 30 heavy (non-hydrogen) atoms. The fourth-order valence-corrected chi connectivity index (χ4v) is 4.04. The minimum atomic E-state index is -0.532. The third-order valence-electron chi connectivity index (χ3n) is 5.57. The number of hydrogen-bond acceptors (Lipinski definition) is 3. The molecule has 0 fully saturated rings. The Balaban J connectivity index is 1.85. The van der Waals surface area contributed by atoms with E-state index in [0.29, 0.717) is 17.7 Å². The van der Waals surface area contributed by atoms with Crippen LogP contribution in [0.2, 0.25) is 0 Å². The van der Waals surface area contributed by atoms with E-state index < -0.39 is 11.8 Å². The quantitative estimate of drug-likeness (QED) is 0.451. The average molecular weight is 405 g/mol. The van der Waals surface area contributed by atoms with Gasteiger partial charge in [0.25, 0.3) is 5.56 Å². The summed E-state index contributed by atoms with van der Waals surface area (Å²) in [4.78, 5) is 36.9. The van der Waals surface area contributed by atoms with Gasteiger partial charge in [0.1, 0.15) is 0 Å². The number of aromatic amines is 2. The highest BCUT2D eigenvalue weighted by atomic mass is 16.2. The van der Waals surface area contributed by atoms with E-state index >= 15 is 0 Å². The number of imidazole rings is 1. The first-order chi connectivity index (χ1) is 14.4. The first-order valence-corrected chi connectivity index (χ1v) is 9.63. The summed E-state index contributed by atoms with van der Waals surface area (Å²) in [5, 5.41) is 5.61. The summed E-state index contributed by atoms with van der Waals surface area (Å²) in [5.41, 5.74) is 9.60. The number of fused-ring (bicyclic) bond motifs is 1. The lowest BCUT2D eigenvalue weighted by Crippen LogP contribution is -2.21. The van der Waals surface area contributed by atoms with Crippen LogP contribution in [-0.4, -0.2) is 25.2 Å². The topological polar surface area (TPSA) is 119 Å². The van der Waals surface area contributed by atoms with E-state index in [4.69, 9.17) is 5.73 Å². The minimum absolute atomic E-state index is 0.0188. The number of rotatable bonds is 6. The number of aryl methyl sites for hydroxylation is 2. The van der Waals surface area contributed by atoms with Gasteiger partial charge in [0.05, 0.1) is 11.0 Å². The maximum Gasteiger partial charge on any atom is 0.328 e. The maximum absolute atomic E-state index is 12.7. The van der Waals surface area contributed by atoms with Gasteiger partial charge in [-0.05, 0) is 23.3 Å². The van der Waals surface area contributed by atoms with Crippen molar-refractivity contribution in [2.45, 2.75) is 18.8 Å². The van der Waals surface area contributed by atoms with E-state index in [1.807, 2.05) is 48.5 Å². The van der Waals surface area contributed by atoms with Gasteiger partial charge in [0, 0.05) is 44.1 Å². The van der Waals surface area contributed by atoms with Crippen molar-refractivity contribution < 1.29 is 4.79 Å². The molecule has 0 bridgehead atoms. The van der Waals surface area contributed by atoms with Crippen molar-refractivity contribution in [3.8, 4) is 0 Å². The zero-order chi connectivity index (χ0) is 21.4. The molecule has 8 heteroatoms. The number of amides is 1. The SMILES string of the molecule is Cn1c(=O)n(C)c2cc([C@H](CC(N)=O)c3c(Cc4ccccc4)[nH][nH]c3=O)ccc21. The Bertz CT molecular complexity index is 1340. The molecule has 4 rings (SSSR count). The van der Waals surface area contributed by atoms with Crippen molar-refractivity contribution in [1.29, 1.82) is 0 Å². The van der Waals surface area contributed by atoms with Gasteiger partial charge in [0.2, 0.25) is 5.91 Å². The summed E-state index contributed by atoms with van der Waals surface area (Å²) in [6, 6.07) is 15.3. The molecule has 4 aromatic rings. The van der Waals surface area contributed by atoms with Crippen molar-refractivity contribution in [2.75, 3.05) is 0 Å². The Morgan fingerprint density at radius 2 is 1.70 bits per heavy atom. The summed E-state index contributed by atoms with van der Waals surface area (Å²) in [6.45, 7) is 0. The molecule has 8 nitrogen and oxygen atoms in total. The largest absolute Gasteiger partial charge is 0.370 e. The Kier molecular flexibility index (Phi) is 4.91. The van der Waals surface area contributed by atoms with Crippen molar-refractivity contribution in [2.24, 2.45) is 19.8 Å². The molecule has 1 atom stereocenters. The van der Waals surface area contributed by atoms with Gasteiger partial charge in [-0.3, -0.25) is 23.8 Å². The van der Waals surface area contributed by atoms with Crippen LogP contribution >= 0.6 is 0 Å². The number of carbonyl (C=O) groups is 1. The highest BCUT2D eigenvalue weighted by Gasteiger charge is 2.25. The van der Waals surface area contributed by atoms with E-state index in [9.17, 15) is 14.4 Å². The van der Waals surface area contributed by atoms with Gasteiger partial charge >= 0.3 is 5.69 Å². The highest BCUT2D eigenvalue weighted by molar-refractivity contribution is 5.79. The molecule has 1 amide bonds. The smallest absolute Gasteiger partial charge is 0.328 e. The van der Waals surface area contributed by atoms with Crippen molar-refractivity contribution in [3.05, 3.63) is 91.8 Å². The molecule has 2 heterocycles. The number of H-pyrrole nitrogens is 2. The maximum atomic E-state index is 12.7.